The Hall–Kier alpha value is -0.630. The number of ketones is 1. The van der Waals surface area contributed by atoms with E-state index in [1.807, 2.05) is 20.8 Å². The van der Waals surface area contributed by atoms with Gasteiger partial charge >= 0.3 is 0 Å². The summed E-state index contributed by atoms with van der Waals surface area (Å²) in [6.07, 6.45) is 2.21. The number of rotatable bonds is 1. The van der Waals surface area contributed by atoms with Gasteiger partial charge < -0.3 is 5.11 Å². The van der Waals surface area contributed by atoms with E-state index in [4.69, 9.17) is 5.11 Å². The highest BCUT2D eigenvalue weighted by atomic mass is 16.3. The summed E-state index contributed by atoms with van der Waals surface area (Å²) in [7, 11) is 0. The molecule has 1 aliphatic rings. The first kappa shape index (κ1) is 9.46. The summed E-state index contributed by atoms with van der Waals surface area (Å²) in [6.45, 7) is 6.12. The van der Waals surface area contributed by atoms with Gasteiger partial charge in [0.15, 0.2) is 5.78 Å². The third-order valence-electron chi connectivity index (χ3n) is 2.69. The van der Waals surface area contributed by atoms with E-state index in [1.165, 1.54) is 0 Å². The van der Waals surface area contributed by atoms with Crippen molar-refractivity contribution in [2.45, 2.75) is 27.2 Å². The van der Waals surface area contributed by atoms with Crippen molar-refractivity contribution in [1.29, 1.82) is 0 Å². The van der Waals surface area contributed by atoms with E-state index in [0.29, 0.717) is 6.42 Å². The van der Waals surface area contributed by atoms with Gasteiger partial charge in [0.25, 0.3) is 0 Å². The number of carbonyl (C=O) groups excluding carboxylic acids is 1. The predicted octanol–water partition coefficient (Wildman–Crippen LogP) is 1.54. The highest BCUT2D eigenvalue weighted by Gasteiger charge is 2.35. The zero-order valence-corrected chi connectivity index (χ0v) is 7.92. The highest BCUT2D eigenvalue weighted by molar-refractivity contribution is 5.91. The zero-order chi connectivity index (χ0) is 9.35. The third-order valence-corrected chi connectivity index (χ3v) is 2.69. The van der Waals surface area contributed by atoms with E-state index < -0.39 is 0 Å². The molecule has 1 rings (SSSR count). The lowest BCUT2D eigenvalue weighted by molar-refractivity contribution is -0.118. The van der Waals surface area contributed by atoms with Gasteiger partial charge in [0.05, 0.1) is 6.61 Å². The van der Waals surface area contributed by atoms with Crippen molar-refractivity contribution < 1.29 is 9.90 Å². The first-order chi connectivity index (χ1) is 5.47. The molecule has 0 saturated heterocycles. The molecular weight excluding hydrogens is 152 g/mol. The zero-order valence-electron chi connectivity index (χ0n) is 7.92. The smallest absolute Gasteiger partial charge is 0.156 e. The molecular formula is C10H16O2. The van der Waals surface area contributed by atoms with Crippen LogP contribution in [-0.4, -0.2) is 17.5 Å². The van der Waals surface area contributed by atoms with Gasteiger partial charge in [-0.3, -0.25) is 4.79 Å². The number of allylic oxidation sites excluding steroid dienone is 1. The Morgan fingerprint density at radius 1 is 1.67 bits per heavy atom. The lowest BCUT2D eigenvalue weighted by Crippen LogP contribution is -2.33. The molecule has 0 heterocycles. The molecule has 0 fully saturated rings. The maximum atomic E-state index is 11.2. The number of hydrogen-bond donors (Lipinski definition) is 1. The van der Waals surface area contributed by atoms with Gasteiger partial charge in [-0.1, -0.05) is 19.4 Å². The average molecular weight is 168 g/mol. The molecule has 0 saturated carbocycles. The van der Waals surface area contributed by atoms with Crippen LogP contribution in [0.1, 0.15) is 27.2 Å². The molecule has 0 unspecified atom stereocenters. The van der Waals surface area contributed by atoms with E-state index in [0.717, 1.165) is 5.57 Å². The number of carbonyl (C=O) groups is 1. The van der Waals surface area contributed by atoms with Crippen LogP contribution in [0.3, 0.4) is 0 Å². The second kappa shape index (κ2) is 3.02. The molecule has 12 heavy (non-hydrogen) atoms. The molecule has 0 amide bonds. The Morgan fingerprint density at radius 2 is 2.25 bits per heavy atom. The second-order valence-corrected chi connectivity index (χ2v) is 4.26. The molecule has 0 bridgehead atoms. The van der Waals surface area contributed by atoms with Crippen LogP contribution in [0, 0.1) is 11.3 Å². The van der Waals surface area contributed by atoms with Crippen LogP contribution in [0.4, 0.5) is 0 Å². The fourth-order valence-electron chi connectivity index (χ4n) is 1.99. The van der Waals surface area contributed by atoms with Gasteiger partial charge in [-0.15, -0.1) is 0 Å². The summed E-state index contributed by atoms with van der Waals surface area (Å²) in [5.41, 5.74) is 0.934. The summed E-state index contributed by atoms with van der Waals surface area (Å²) in [6, 6.07) is 0. The Bertz CT molecular complexity index is 226. The molecule has 0 aromatic rings. The summed E-state index contributed by atoms with van der Waals surface area (Å²) in [5, 5.41) is 9.13. The lowest BCUT2D eigenvalue weighted by Gasteiger charge is -2.36. The van der Waals surface area contributed by atoms with E-state index in [2.05, 4.69) is 0 Å². The van der Waals surface area contributed by atoms with Crippen LogP contribution in [0.25, 0.3) is 0 Å². The number of aliphatic hydroxyl groups is 1. The molecule has 0 spiro atoms. The summed E-state index contributed by atoms with van der Waals surface area (Å²) >= 11 is 0. The third kappa shape index (κ3) is 1.58. The molecule has 1 atom stereocenters. The molecule has 2 heteroatoms. The fraction of sp³-hybridized carbons (Fsp3) is 0.700. The number of aliphatic hydroxyl groups excluding tert-OH is 1. The largest absolute Gasteiger partial charge is 0.396 e. The molecule has 0 radical (unpaired) electrons. The van der Waals surface area contributed by atoms with Crippen molar-refractivity contribution in [1.82, 2.24) is 0 Å². The van der Waals surface area contributed by atoms with Gasteiger partial charge in [0.2, 0.25) is 0 Å². The average Bonchev–Trinajstić information content (AvgIpc) is 1.82. The Labute approximate surface area is 73.3 Å². The van der Waals surface area contributed by atoms with Crippen LogP contribution < -0.4 is 0 Å². The van der Waals surface area contributed by atoms with Gasteiger partial charge in [0, 0.05) is 12.3 Å². The molecule has 1 aliphatic carbocycles. The normalized spacial score (nSPS) is 28.5. The maximum Gasteiger partial charge on any atom is 0.156 e. The van der Waals surface area contributed by atoms with Gasteiger partial charge in [0.1, 0.15) is 0 Å². The molecule has 0 aromatic heterocycles. The number of hydrogen-bond acceptors (Lipinski definition) is 2. The predicted molar refractivity (Wildman–Crippen MR) is 47.7 cm³/mol. The fourth-order valence-corrected chi connectivity index (χ4v) is 1.99. The van der Waals surface area contributed by atoms with Crippen molar-refractivity contribution in [3.05, 3.63) is 11.6 Å². The van der Waals surface area contributed by atoms with Gasteiger partial charge in [-0.05, 0) is 18.4 Å². The molecule has 0 aromatic carbocycles. The molecule has 1 N–H and O–H groups in total. The lowest BCUT2D eigenvalue weighted by atomic mass is 9.69. The van der Waals surface area contributed by atoms with E-state index in [1.54, 1.807) is 6.08 Å². The van der Waals surface area contributed by atoms with Crippen LogP contribution in [0.5, 0.6) is 0 Å². The van der Waals surface area contributed by atoms with Gasteiger partial charge in [-0.2, -0.15) is 0 Å². The minimum absolute atomic E-state index is 0.0787. The summed E-state index contributed by atoms with van der Waals surface area (Å²) in [5.74, 6) is 0.331. The van der Waals surface area contributed by atoms with Gasteiger partial charge in [-0.25, -0.2) is 0 Å². The van der Waals surface area contributed by atoms with Crippen LogP contribution in [-0.2, 0) is 4.79 Å². The topological polar surface area (TPSA) is 37.3 Å². The second-order valence-electron chi connectivity index (χ2n) is 4.26. The Kier molecular flexibility index (Phi) is 2.38. The van der Waals surface area contributed by atoms with Crippen LogP contribution in [0.2, 0.25) is 0 Å². The van der Waals surface area contributed by atoms with E-state index in [-0.39, 0.29) is 23.7 Å². The van der Waals surface area contributed by atoms with E-state index in [9.17, 15) is 4.79 Å². The molecule has 0 aliphatic heterocycles. The maximum absolute atomic E-state index is 11.2. The van der Waals surface area contributed by atoms with Crippen molar-refractivity contribution in [2.24, 2.45) is 11.3 Å². The van der Waals surface area contributed by atoms with Crippen molar-refractivity contribution in [2.75, 3.05) is 6.61 Å². The Balaban J connectivity index is 2.96. The van der Waals surface area contributed by atoms with Crippen LogP contribution in [0.15, 0.2) is 11.6 Å². The quantitative estimate of drug-likeness (QED) is 0.645. The monoisotopic (exact) mass is 168 g/mol. The molecule has 2 nitrogen and oxygen atoms in total. The minimum atomic E-state index is -0.0787. The molecule has 68 valence electrons. The summed E-state index contributed by atoms with van der Waals surface area (Å²) in [4.78, 5) is 11.2. The van der Waals surface area contributed by atoms with Crippen molar-refractivity contribution in [3.63, 3.8) is 0 Å². The first-order valence-electron chi connectivity index (χ1n) is 4.29. The minimum Gasteiger partial charge on any atom is -0.396 e. The van der Waals surface area contributed by atoms with Crippen LogP contribution >= 0.6 is 0 Å². The summed E-state index contributed by atoms with van der Waals surface area (Å²) < 4.78 is 0. The first-order valence-corrected chi connectivity index (χ1v) is 4.29. The van der Waals surface area contributed by atoms with E-state index >= 15 is 0 Å². The Morgan fingerprint density at radius 3 is 2.67 bits per heavy atom. The standard InChI is InChI=1S/C10H16O2/c1-7-4-8(12)5-10(2,3)9(7)6-11/h4,9,11H,5-6H2,1-3H3/t9-/m1/s1. The van der Waals surface area contributed by atoms with Crippen molar-refractivity contribution >= 4 is 5.78 Å². The highest BCUT2D eigenvalue weighted by Crippen LogP contribution is 2.38. The van der Waals surface area contributed by atoms with Crippen molar-refractivity contribution in [3.8, 4) is 0 Å². The SMILES string of the molecule is CC1=CC(=O)CC(C)(C)[C@@H]1CO.